The predicted molar refractivity (Wildman–Crippen MR) is 66.4 cm³/mol. The third-order valence-corrected chi connectivity index (χ3v) is 3.66. The van der Waals surface area contributed by atoms with Crippen LogP contribution in [0, 0.1) is 11.8 Å². The van der Waals surface area contributed by atoms with Gasteiger partial charge in [-0.15, -0.1) is 0 Å². The highest BCUT2D eigenvalue weighted by molar-refractivity contribution is 5.84. The van der Waals surface area contributed by atoms with Crippen LogP contribution in [0.4, 0.5) is 0 Å². The molecule has 1 aliphatic carbocycles. The standard InChI is InChI=1S/C15H20O/c1-3-6-11(2)15(16)14-9-12-7-4-5-8-13(12)10-14/h4-5,7-8,11,14H,3,6,9-10H2,1-2H3. The minimum absolute atomic E-state index is 0.240. The van der Waals surface area contributed by atoms with Gasteiger partial charge in [-0.25, -0.2) is 0 Å². The van der Waals surface area contributed by atoms with Crippen molar-refractivity contribution in [1.82, 2.24) is 0 Å². The number of Topliss-reactive ketones (excluding diaryl/α,β-unsaturated/α-hetero) is 1. The van der Waals surface area contributed by atoms with Gasteiger partial charge in [0.1, 0.15) is 5.78 Å². The summed E-state index contributed by atoms with van der Waals surface area (Å²) in [6.07, 6.45) is 4.06. The van der Waals surface area contributed by atoms with Gasteiger partial charge in [-0.2, -0.15) is 0 Å². The zero-order valence-electron chi connectivity index (χ0n) is 10.2. The van der Waals surface area contributed by atoms with E-state index in [4.69, 9.17) is 0 Å². The number of carbonyl (C=O) groups is 1. The van der Waals surface area contributed by atoms with Crippen LogP contribution in [-0.2, 0) is 17.6 Å². The van der Waals surface area contributed by atoms with Gasteiger partial charge >= 0.3 is 0 Å². The van der Waals surface area contributed by atoms with Crippen molar-refractivity contribution in [3.8, 4) is 0 Å². The highest BCUT2D eigenvalue weighted by Crippen LogP contribution is 2.29. The van der Waals surface area contributed by atoms with E-state index in [2.05, 4.69) is 38.1 Å². The highest BCUT2D eigenvalue weighted by Gasteiger charge is 2.29. The van der Waals surface area contributed by atoms with Gasteiger partial charge in [0.2, 0.25) is 0 Å². The number of ketones is 1. The van der Waals surface area contributed by atoms with Crippen molar-refractivity contribution in [1.29, 1.82) is 0 Å². The van der Waals surface area contributed by atoms with Gasteiger partial charge in [0.25, 0.3) is 0 Å². The van der Waals surface area contributed by atoms with Crippen molar-refractivity contribution >= 4 is 5.78 Å². The van der Waals surface area contributed by atoms with Gasteiger partial charge in [-0.1, -0.05) is 44.5 Å². The van der Waals surface area contributed by atoms with Crippen molar-refractivity contribution in [3.05, 3.63) is 35.4 Å². The molecule has 0 radical (unpaired) electrons. The Bertz CT molecular complexity index is 356. The van der Waals surface area contributed by atoms with E-state index in [9.17, 15) is 4.79 Å². The molecule has 86 valence electrons. The quantitative estimate of drug-likeness (QED) is 0.754. The van der Waals surface area contributed by atoms with Crippen molar-refractivity contribution < 1.29 is 4.79 Å². The van der Waals surface area contributed by atoms with Crippen LogP contribution in [-0.4, -0.2) is 5.78 Å². The van der Waals surface area contributed by atoms with Crippen molar-refractivity contribution in [2.45, 2.75) is 39.5 Å². The van der Waals surface area contributed by atoms with E-state index in [1.807, 2.05) is 0 Å². The zero-order chi connectivity index (χ0) is 11.5. The van der Waals surface area contributed by atoms with Gasteiger partial charge in [-0.05, 0) is 30.4 Å². The van der Waals surface area contributed by atoms with Gasteiger partial charge in [-0.3, -0.25) is 4.79 Å². The fourth-order valence-electron chi connectivity index (χ4n) is 2.74. The molecule has 0 heterocycles. The number of benzene rings is 1. The minimum atomic E-state index is 0.240. The van der Waals surface area contributed by atoms with Crippen LogP contribution in [0.25, 0.3) is 0 Å². The van der Waals surface area contributed by atoms with Crippen LogP contribution in [0.15, 0.2) is 24.3 Å². The van der Waals surface area contributed by atoms with Crippen LogP contribution in [0.3, 0.4) is 0 Å². The van der Waals surface area contributed by atoms with E-state index >= 15 is 0 Å². The highest BCUT2D eigenvalue weighted by atomic mass is 16.1. The van der Waals surface area contributed by atoms with Gasteiger partial charge in [0.05, 0.1) is 0 Å². The summed E-state index contributed by atoms with van der Waals surface area (Å²) in [5.41, 5.74) is 2.76. The number of rotatable bonds is 4. The van der Waals surface area contributed by atoms with Crippen LogP contribution in [0.1, 0.15) is 37.8 Å². The molecule has 0 amide bonds. The number of hydrogen-bond acceptors (Lipinski definition) is 1. The normalized spacial score (nSPS) is 17.1. The fourth-order valence-corrected chi connectivity index (χ4v) is 2.74. The van der Waals surface area contributed by atoms with Gasteiger partial charge in [0.15, 0.2) is 0 Å². The maximum absolute atomic E-state index is 12.2. The summed E-state index contributed by atoms with van der Waals surface area (Å²) in [7, 11) is 0. The largest absolute Gasteiger partial charge is 0.299 e. The van der Waals surface area contributed by atoms with E-state index < -0.39 is 0 Å². The van der Waals surface area contributed by atoms with Gasteiger partial charge in [0, 0.05) is 11.8 Å². The maximum atomic E-state index is 12.2. The molecule has 0 fully saturated rings. The number of carbonyl (C=O) groups excluding carboxylic acids is 1. The smallest absolute Gasteiger partial charge is 0.139 e. The maximum Gasteiger partial charge on any atom is 0.139 e. The Hall–Kier alpha value is -1.11. The molecule has 1 heteroatoms. The molecule has 0 aliphatic heterocycles. The average molecular weight is 216 g/mol. The van der Waals surface area contributed by atoms with Gasteiger partial charge < -0.3 is 0 Å². The second kappa shape index (κ2) is 4.82. The summed E-state index contributed by atoms with van der Waals surface area (Å²) >= 11 is 0. The first-order valence-electron chi connectivity index (χ1n) is 6.33. The lowest BCUT2D eigenvalue weighted by atomic mass is 9.89. The Labute approximate surface area is 97.9 Å². The Morgan fingerprint density at radius 3 is 2.38 bits per heavy atom. The Morgan fingerprint density at radius 1 is 1.31 bits per heavy atom. The third-order valence-electron chi connectivity index (χ3n) is 3.66. The van der Waals surface area contributed by atoms with E-state index in [-0.39, 0.29) is 11.8 Å². The summed E-state index contributed by atoms with van der Waals surface area (Å²) in [4.78, 5) is 12.2. The molecule has 0 saturated carbocycles. The third kappa shape index (κ3) is 2.18. The first kappa shape index (κ1) is 11.4. The predicted octanol–water partition coefficient (Wildman–Crippen LogP) is 3.41. The summed E-state index contributed by atoms with van der Waals surface area (Å²) in [6.45, 7) is 4.22. The molecule has 0 aromatic heterocycles. The molecule has 1 atom stereocenters. The Kier molecular flexibility index (Phi) is 3.42. The van der Waals surface area contributed by atoms with E-state index in [0.717, 1.165) is 25.7 Å². The molecular formula is C15H20O. The molecule has 1 unspecified atom stereocenters. The zero-order valence-corrected chi connectivity index (χ0v) is 10.2. The molecule has 1 nitrogen and oxygen atoms in total. The van der Waals surface area contributed by atoms with Crippen molar-refractivity contribution in [2.24, 2.45) is 11.8 Å². The molecule has 0 bridgehead atoms. The van der Waals surface area contributed by atoms with E-state index in [1.165, 1.54) is 11.1 Å². The summed E-state index contributed by atoms with van der Waals surface area (Å²) < 4.78 is 0. The minimum Gasteiger partial charge on any atom is -0.299 e. The van der Waals surface area contributed by atoms with Crippen LogP contribution in [0.2, 0.25) is 0 Å². The summed E-state index contributed by atoms with van der Waals surface area (Å²) in [5.74, 6) is 0.960. The van der Waals surface area contributed by atoms with E-state index in [1.54, 1.807) is 0 Å². The molecular weight excluding hydrogens is 196 g/mol. The molecule has 0 saturated heterocycles. The summed E-state index contributed by atoms with van der Waals surface area (Å²) in [5, 5.41) is 0. The molecule has 2 rings (SSSR count). The lowest BCUT2D eigenvalue weighted by Gasteiger charge is -2.14. The van der Waals surface area contributed by atoms with Crippen LogP contribution in [0.5, 0.6) is 0 Å². The molecule has 16 heavy (non-hydrogen) atoms. The first-order valence-corrected chi connectivity index (χ1v) is 6.33. The SMILES string of the molecule is CCCC(C)C(=O)C1Cc2ccccc2C1. The van der Waals surface area contributed by atoms with E-state index in [0.29, 0.717) is 5.78 Å². The second-order valence-corrected chi connectivity index (χ2v) is 4.97. The first-order chi connectivity index (χ1) is 7.72. The lowest BCUT2D eigenvalue weighted by molar-refractivity contribution is -0.126. The average Bonchev–Trinajstić information content (AvgIpc) is 2.71. The molecule has 0 spiro atoms. The number of fused-ring (bicyclic) bond motifs is 1. The fraction of sp³-hybridized carbons (Fsp3) is 0.533. The molecule has 1 aromatic rings. The Balaban J connectivity index is 2.03. The van der Waals surface area contributed by atoms with Crippen LogP contribution < -0.4 is 0 Å². The molecule has 1 aromatic carbocycles. The monoisotopic (exact) mass is 216 g/mol. The Morgan fingerprint density at radius 2 is 1.88 bits per heavy atom. The van der Waals surface area contributed by atoms with Crippen molar-refractivity contribution in [2.75, 3.05) is 0 Å². The molecule has 0 N–H and O–H groups in total. The summed E-state index contributed by atoms with van der Waals surface area (Å²) in [6, 6.07) is 8.46. The molecule has 1 aliphatic rings. The lowest BCUT2D eigenvalue weighted by Crippen LogP contribution is -2.22. The number of hydrogen-bond donors (Lipinski definition) is 0. The van der Waals surface area contributed by atoms with Crippen molar-refractivity contribution in [3.63, 3.8) is 0 Å². The van der Waals surface area contributed by atoms with Crippen LogP contribution >= 0.6 is 0 Å². The second-order valence-electron chi connectivity index (χ2n) is 4.97. The topological polar surface area (TPSA) is 17.1 Å².